The summed E-state index contributed by atoms with van der Waals surface area (Å²) in [5.41, 5.74) is 0.578. The lowest BCUT2D eigenvalue weighted by Gasteiger charge is -1.94. The second-order valence-electron chi connectivity index (χ2n) is 4.73. The van der Waals surface area contributed by atoms with Crippen LogP contribution in [-0.2, 0) is 0 Å². The number of phenols is 1. The van der Waals surface area contributed by atoms with Crippen molar-refractivity contribution in [2.45, 2.75) is 26.7 Å². The van der Waals surface area contributed by atoms with Crippen molar-refractivity contribution in [2.75, 3.05) is 6.54 Å². The molecule has 0 amide bonds. The van der Waals surface area contributed by atoms with Crippen molar-refractivity contribution in [3.8, 4) is 5.75 Å². The van der Waals surface area contributed by atoms with Crippen LogP contribution in [0.25, 0.3) is 0 Å². The van der Waals surface area contributed by atoms with Crippen LogP contribution in [0.1, 0.15) is 26.7 Å². The Labute approximate surface area is 148 Å². The van der Waals surface area contributed by atoms with Gasteiger partial charge in [-0.25, -0.2) is 0 Å². The first kappa shape index (κ1) is 22.0. The van der Waals surface area contributed by atoms with Gasteiger partial charge in [0, 0.05) is 12.8 Å². The van der Waals surface area contributed by atoms with E-state index in [0.717, 1.165) is 13.0 Å². The summed E-state index contributed by atoms with van der Waals surface area (Å²) >= 11 is 0. The first-order chi connectivity index (χ1) is 11.8. The number of aliphatic imine (C=N–C) groups is 1. The van der Waals surface area contributed by atoms with Gasteiger partial charge in [-0.05, 0) is 31.6 Å². The molecule has 130 valence electrons. The van der Waals surface area contributed by atoms with Gasteiger partial charge < -0.3 is 5.11 Å². The fraction of sp³-hybridized carbons (Fsp3) is 0.250. The smallest absolute Gasteiger partial charge is 0.141 e. The van der Waals surface area contributed by atoms with E-state index in [9.17, 15) is 5.11 Å². The normalized spacial score (nSPS) is 12.0. The van der Waals surface area contributed by atoms with E-state index in [2.05, 4.69) is 32.5 Å². The maximum absolute atomic E-state index is 9.47. The molecule has 0 saturated carbocycles. The topological polar surface area (TPSA) is 44.6 Å². The predicted molar refractivity (Wildman–Crippen MR) is 111 cm³/mol. The lowest BCUT2D eigenvalue weighted by atomic mass is 10.3. The van der Waals surface area contributed by atoms with Gasteiger partial charge in [0.25, 0.3) is 0 Å². The van der Waals surface area contributed by atoms with Gasteiger partial charge in [-0.3, -0.25) is 10.1 Å². The molecule has 0 spiro atoms. The first-order valence-corrected chi connectivity index (χ1v) is 8.69. The first-order valence-electron chi connectivity index (χ1n) is 8.11. The van der Waals surface area contributed by atoms with Crippen LogP contribution >= 0.6 is 9.39 Å². The standard InChI is InChI=1S/C16H19NO.C4H10NP/c1-2-3-4-5-6-7-8-11-14-17-15-12-9-10-13-16(15)18;1-2-3-4-5-6/h4-14,18H,2-3H2,1H3;2-3,5H,4,6H2,1H3/b5-4+,7-6+,11-8+,17-14?;3-2-. The third-order valence-electron chi connectivity index (χ3n) is 2.69. The number of para-hydroxylation sites is 2. The van der Waals surface area contributed by atoms with E-state index in [1.807, 2.05) is 55.5 Å². The SMILES string of the molecule is C/C=C\CNP.CCC/C=C/C=C/C=C/C=Nc1ccccc1O. The minimum absolute atomic E-state index is 0.195. The second kappa shape index (κ2) is 17.4. The van der Waals surface area contributed by atoms with E-state index < -0.39 is 0 Å². The van der Waals surface area contributed by atoms with E-state index in [4.69, 9.17) is 0 Å². The number of nitrogens with one attached hydrogen (secondary N) is 1. The zero-order chi connectivity index (χ0) is 17.9. The van der Waals surface area contributed by atoms with Crippen LogP contribution < -0.4 is 5.09 Å². The highest BCUT2D eigenvalue weighted by Crippen LogP contribution is 2.24. The highest BCUT2D eigenvalue weighted by atomic mass is 31.0. The molecule has 0 radical (unpaired) electrons. The monoisotopic (exact) mass is 344 g/mol. The zero-order valence-corrected chi connectivity index (χ0v) is 15.8. The molecule has 0 bridgehead atoms. The molecule has 0 heterocycles. The minimum Gasteiger partial charge on any atom is -0.506 e. The van der Waals surface area contributed by atoms with Gasteiger partial charge in [0.15, 0.2) is 0 Å². The molecule has 0 fully saturated rings. The van der Waals surface area contributed by atoms with E-state index in [-0.39, 0.29) is 5.75 Å². The Morgan fingerprint density at radius 3 is 2.42 bits per heavy atom. The zero-order valence-electron chi connectivity index (χ0n) is 14.6. The number of allylic oxidation sites excluding steroid dienone is 7. The summed E-state index contributed by atoms with van der Waals surface area (Å²) in [6.45, 7) is 5.10. The lowest BCUT2D eigenvalue weighted by molar-refractivity contribution is 0.477. The molecule has 1 aromatic rings. The molecule has 1 unspecified atom stereocenters. The molecule has 4 heteroatoms. The Morgan fingerprint density at radius 2 is 1.79 bits per heavy atom. The van der Waals surface area contributed by atoms with Crippen LogP contribution in [0.3, 0.4) is 0 Å². The van der Waals surface area contributed by atoms with Gasteiger partial charge in [0.2, 0.25) is 0 Å². The molecule has 0 aliphatic heterocycles. The van der Waals surface area contributed by atoms with Crippen molar-refractivity contribution >= 4 is 21.3 Å². The van der Waals surface area contributed by atoms with Gasteiger partial charge in [-0.15, -0.1) is 0 Å². The van der Waals surface area contributed by atoms with Crippen LogP contribution in [0.2, 0.25) is 0 Å². The fourth-order valence-electron chi connectivity index (χ4n) is 1.47. The van der Waals surface area contributed by atoms with Crippen LogP contribution in [0.4, 0.5) is 5.69 Å². The number of unbranched alkanes of at least 4 members (excludes halogenated alkanes) is 1. The number of hydrogen-bond donors (Lipinski definition) is 2. The number of hydrogen-bond acceptors (Lipinski definition) is 3. The second-order valence-corrected chi connectivity index (χ2v) is 5.14. The van der Waals surface area contributed by atoms with Crippen LogP contribution in [0, 0.1) is 0 Å². The molecule has 3 nitrogen and oxygen atoms in total. The maximum atomic E-state index is 9.47. The minimum atomic E-state index is 0.195. The fourth-order valence-corrected chi connectivity index (χ4v) is 1.60. The predicted octanol–water partition coefficient (Wildman–Crippen LogP) is 5.51. The lowest BCUT2D eigenvalue weighted by Crippen LogP contribution is -1.93. The van der Waals surface area contributed by atoms with Crippen molar-refractivity contribution in [1.29, 1.82) is 0 Å². The molecular formula is C20H29N2OP. The molecular weight excluding hydrogens is 315 g/mol. The van der Waals surface area contributed by atoms with Crippen molar-refractivity contribution in [3.05, 3.63) is 72.9 Å². The molecule has 1 rings (SSSR count). The quantitative estimate of drug-likeness (QED) is 0.283. The number of phenolic OH excluding ortho intramolecular Hbond substituents is 1. The number of nitrogens with zero attached hydrogens (tertiary/aromatic N) is 1. The van der Waals surface area contributed by atoms with E-state index >= 15 is 0 Å². The Hall–Kier alpha value is -1.96. The molecule has 1 atom stereocenters. The van der Waals surface area contributed by atoms with Gasteiger partial charge >= 0.3 is 0 Å². The summed E-state index contributed by atoms with van der Waals surface area (Å²) in [5, 5.41) is 12.4. The van der Waals surface area contributed by atoms with Crippen LogP contribution in [-0.4, -0.2) is 17.9 Å². The van der Waals surface area contributed by atoms with Gasteiger partial charge in [0.05, 0.1) is 0 Å². The van der Waals surface area contributed by atoms with Crippen molar-refractivity contribution in [3.63, 3.8) is 0 Å². The van der Waals surface area contributed by atoms with Crippen molar-refractivity contribution in [1.82, 2.24) is 5.09 Å². The molecule has 24 heavy (non-hydrogen) atoms. The van der Waals surface area contributed by atoms with E-state index in [1.54, 1.807) is 24.4 Å². The third-order valence-corrected chi connectivity index (χ3v) is 2.92. The van der Waals surface area contributed by atoms with Crippen LogP contribution in [0.5, 0.6) is 5.75 Å². The highest BCUT2D eigenvalue weighted by molar-refractivity contribution is 7.13. The maximum Gasteiger partial charge on any atom is 0.141 e. The third kappa shape index (κ3) is 13.7. The summed E-state index contributed by atoms with van der Waals surface area (Å²) < 4.78 is 0. The number of aromatic hydroxyl groups is 1. The molecule has 1 aromatic carbocycles. The average molecular weight is 344 g/mol. The van der Waals surface area contributed by atoms with Crippen molar-refractivity contribution in [2.24, 2.45) is 4.99 Å². The summed E-state index contributed by atoms with van der Waals surface area (Å²) in [6, 6.07) is 7.00. The summed E-state index contributed by atoms with van der Waals surface area (Å²) in [6.07, 6.45) is 19.9. The molecule has 0 saturated heterocycles. The van der Waals surface area contributed by atoms with Gasteiger partial charge in [-0.1, -0.05) is 77.4 Å². The largest absolute Gasteiger partial charge is 0.506 e. The number of benzene rings is 1. The molecule has 0 aromatic heterocycles. The Balaban J connectivity index is 0.000000754. The molecule has 0 aliphatic rings. The highest BCUT2D eigenvalue weighted by Gasteiger charge is 1.92. The van der Waals surface area contributed by atoms with Crippen LogP contribution in [0.15, 0.2) is 77.9 Å². The Kier molecular flexibility index (Phi) is 16.0. The van der Waals surface area contributed by atoms with Crippen molar-refractivity contribution < 1.29 is 5.11 Å². The van der Waals surface area contributed by atoms with E-state index in [1.165, 1.54) is 6.42 Å². The van der Waals surface area contributed by atoms with Gasteiger partial charge in [0.1, 0.15) is 11.4 Å². The Bertz CT molecular complexity index is 561. The summed E-state index contributed by atoms with van der Waals surface area (Å²) in [4.78, 5) is 4.14. The summed E-state index contributed by atoms with van der Waals surface area (Å²) in [5.74, 6) is 0.195. The molecule has 2 N–H and O–H groups in total. The summed E-state index contributed by atoms with van der Waals surface area (Å²) in [7, 11) is 2.43. The number of rotatable bonds is 8. The Morgan fingerprint density at radius 1 is 1.08 bits per heavy atom. The van der Waals surface area contributed by atoms with Gasteiger partial charge in [-0.2, -0.15) is 0 Å². The van der Waals surface area contributed by atoms with E-state index in [0.29, 0.717) is 5.69 Å². The molecule has 0 aliphatic carbocycles. The average Bonchev–Trinajstić information content (AvgIpc) is 2.60.